The number of phenols is 1. The van der Waals surface area contributed by atoms with E-state index in [1.165, 1.54) is 0 Å². The number of nitrogens with one attached hydrogen (secondary N) is 1. The fraction of sp³-hybridized carbons (Fsp3) is 0.188. The molecular formula is C16H15NO4. The fourth-order valence-corrected chi connectivity index (χ4v) is 2.12. The highest BCUT2D eigenvalue weighted by Gasteiger charge is 2.15. The van der Waals surface area contributed by atoms with Gasteiger partial charge in [-0.2, -0.15) is 0 Å². The lowest BCUT2D eigenvalue weighted by Crippen LogP contribution is -2.25. The molecule has 0 saturated carbocycles. The SMILES string of the molecule is O=C(NCCc1ccc(O)cc1)c1ccc2c(c1)OCO2. The second-order valence-electron chi connectivity index (χ2n) is 4.74. The van der Waals surface area contributed by atoms with E-state index in [1.54, 1.807) is 30.3 Å². The van der Waals surface area contributed by atoms with Gasteiger partial charge in [-0.05, 0) is 42.3 Å². The molecule has 3 rings (SSSR count). The van der Waals surface area contributed by atoms with Crippen molar-refractivity contribution in [1.29, 1.82) is 0 Å². The first-order chi connectivity index (χ1) is 10.2. The number of carbonyl (C=O) groups excluding carboxylic acids is 1. The van der Waals surface area contributed by atoms with Gasteiger partial charge in [0, 0.05) is 12.1 Å². The Labute approximate surface area is 122 Å². The van der Waals surface area contributed by atoms with Gasteiger partial charge in [0.15, 0.2) is 11.5 Å². The molecule has 0 aromatic heterocycles. The Morgan fingerprint density at radius 1 is 1.10 bits per heavy atom. The van der Waals surface area contributed by atoms with Crippen LogP contribution in [0.4, 0.5) is 0 Å². The van der Waals surface area contributed by atoms with Gasteiger partial charge in [0.25, 0.3) is 5.91 Å². The van der Waals surface area contributed by atoms with Crippen LogP contribution in [-0.4, -0.2) is 24.4 Å². The quantitative estimate of drug-likeness (QED) is 0.902. The van der Waals surface area contributed by atoms with E-state index in [2.05, 4.69) is 5.32 Å². The molecule has 0 radical (unpaired) electrons. The first kappa shape index (κ1) is 13.3. The van der Waals surface area contributed by atoms with Crippen molar-refractivity contribution in [3.8, 4) is 17.2 Å². The number of fused-ring (bicyclic) bond motifs is 1. The van der Waals surface area contributed by atoms with E-state index in [0.29, 0.717) is 30.0 Å². The lowest BCUT2D eigenvalue weighted by molar-refractivity contribution is 0.0953. The van der Waals surface area contributed by atoms with Crippen LogP contribution in [0.2, 0.25) is 0 Å². The van der Waals surface area contributed by atoms with E-state index in [-0.39, 0.29) is 18.4 Å². The minimum absolute atomic E-state index is 0.146. The fourth-order valence-electron chi connectivity index (χ4n) is 2.12. The zero-order chi connectivity index (χ0) is 14.7. The van der Waals surface area contributed by atoms with E-state index in [4.69, 9.17) is 9.47 Å². The van der Waals surface area contributed by atoms with Gasteiger partial charge in [0.05, 0.1) is 0 Å². The van der Waals surface area contributed by atoms with Crippen molar-refractivity contribution < 1.29 is 19.4 Å². The lowest BCUT2D eigenvalue weighted by atomic mass is 10.1. The molecule has 0 fully saturated rings. The average Bonchev–Trinajstić information content (AvgIpc) is 2.96. The van der Waals surface area contributed by atoms with Crippen molar-refractivity contribution in [3.63, 3.8) is 0 Å². The number of carbonyl (C=O) groups is 1. The summed E-state index contributed by atoms with van der Waals surface area (Å²) in [5.74, 6) is 1.35. The normalized spacial score (nSPS) is 12.2. The largest absolute Gasteiger partial charge is 0.508 e. The van der Waals surface area contributed by atoms with Gasteiger partial charge in [0.2, 0.25) is 6.79 Å². The summed E-state index contributed by atoms with van der Waals surface area (Å²) in [5, 5.41) is 12.1. The number of rotatable bonds is 4. The molecule has 21 heavy (non-hydrogen) atoms. The van der Waals surface area contributed by atoms with E-state index < -0.39 is 0 Å². The van der Waals surface area contributed by atoms with E-state index in [9.17, 15) is 9.90 Å². The topological polar surface area (TPSA) is 67.8 Å². The predicted molar refractivity (Wildman–Crippen MR) is 76.7 cm³/mol. The van der Waals surface area contributed by atoms with Crippen LogP contribution in [0.25, 0.3) is 0 Å². The Morgan fingerprint density at radius 2 is 1.86 bits per heavy atom. The van der Waals surface area contributed by atoms with Crippen LogP contribution in [0.15, 0.2) is 42.5 Å². The lowest BCUT2D eigenvalue weighted by Gasteiger charge is -2.06. The third-order valence-electron chi connectivity index (χ3n) is 3.27. The van der Waals surface area contributed by atoms with Gasteiger partial charge >= 0.3 is 0 Å². The monoisotopic (exact) mass is 285 g/mol. The van der Waals surface area contributed by atoms with Crippen molar-refractivity contribution in [2.75, 3.05) is 13.3 Å². The van der Waals surface area contributed by atoms with E-state index >= 15 is 0 Å². The van der Waals surface area contributed by atoms with Gasteiger partial charge < -0.3 is 19.9 Å². The van der Waals surface area contributed by atoms with Gasteiger partial charge in [-0.25, -0.2) is 0 Å². The van der Waals surface area contributed by atoms with E-state index in [1.807, 2.05) is 12.1 Å². The molecule has 1 aliphatic heterocycles. The van der Waals surface area contributed by atoms with Crippen LogP contribution >= 0.6 is 0 Å². The summed E-state index contributed by atoms with van der Waals surface area (Å²) in [6, 6.07) is 12.1. The smallest absolute Gasteiger partial charge is 0.251 e. The van der Waals surface area contributed by atoms with Gasteiger partial charge in [-0.3, -0.25) is 4.79 Å². The van der Waals surface area contributed by atoms with Crippen LogP contribution in [0, 0.1) is 0 Å². The molecule has 0 unspecified atom stereocenters. The molecular weight excluding hydrogens is 270 g/mol. The van der Waals surface area contributed by atoms with Gasteiger partial charge in [-0.15, -0.1) is 0 Å². The minimum Gasteiger partial charge on any atom is -0.508 e. The predicted octanol–water partition coefficient (Wildman–Crippen LogP) is 2.09. The molecule has 0 bridgehead atoms. The first-order valence-corrected chi connectivity index (χ1v) is 6.68. The van der Waals surface area contributed by atoms with Crippen molar-refractivity contribution in [2.45, 2.75) is 6.42 Å². The Balaban J connectivity index is 1.55. The maximum absolute atomic E-state index is 12.0. The van der Waals surface area contributed by atoms with Crippen LogP contribution in [0.5, 0.6) is 17.2 Å². The van der Waals surface area contributed by atoms with Crippen molar-refractivity contribution in [1.82, 2.24) is 5.32 Å². The number of hydrogen-bond donors (Lipinski definition) is 2. The second kappa shape index (κ2) is 5.75. The minimum atomic E-state index is -0.146. The molecule has 5 nitrogen and oxygen atoms in total. The number of phenolic OH excluding ortho intramolecular Hbond substituents is 1. The van der Waals surface area contributed by atoms with Crippen LogP contribution in [0.1, 0.15) is 15.9 Å². The maximum Gasteiger partial charge on any atom is 0.251 e. The third-order valence-corrected chi connectivity index (χ3v) is 3.27. The molecule has 2 aromatic rings. The standard InChI is InChI=1S/C16H15NO4/c18-13-4-1-11(2-5-13)7-8-17-16(19)12-3-6-14-15(9-12)21-10-20-14/h1-6,9,18H,7-8,10H2,(H,17,19). The van der Waals surface area contributed by atoms with Gasteiger partial charge in [0.1, 0.15) is 5.75 Å². The number of ether oxygens (including phenoxy) is 2. The summed E-state index contributed by atoms with van der Waals surface area (Å²) in [6.07, 6.45) is 0.705. The summed E-state index contributed by atoms with van der Waals surface area (Å²) < 4.78 is 10.5. The summed E-state index contributed by atoms with van der Waals surface area (Å²) >= 11 is 0. The Hall–Kier alpha value is -2.69. The molecule has 1 aliphatic rings. The molecule has 2 aromatic carbocycles. The highest BCUT2D eigenvalue weighted by molar-refractivity contribution is 5.94. The number of aromatic hydroxyl groups is 1. The average molecular weight is 285 g/mol. The number of benzene rings is 2. The second-order valence-corrected chi connectivity index (χ2v) is 4.74. The molecule has 0 spiro atoms. The highest BCUT2D eigenvalue weighted by atomic mass is 16.7. The van der Waals surface area contributed by atoms with Crippen LogP contribution in [-0.2, 0) is 6.42 Å². The first-order valence-electron chi connectivity index (χ1n) is 6.68. The molecule has 0 atom stereocenters. The van der Waals surface area contributed by atoms with E-state index in [0.717, 1.165) is 5.56 Å². The molecule has 1 heterocycles. The molecule has 108 valence electrons. The number of amides is 1. The molecule has 0 aliphatic carbocycles. The highest BCUT2D eigenvalue weighted by Crippen LogP contribution is 2.32. The molecule has 2 N–H and O–H groups in total. The van der Waals surface area contributed by atoms with Crippen LogP contribution < -0.4 is 14.8 Å². The Morgan fingerprint density at radius 3 is 2.67 bits per heavy atom. The number of hydrogen-bond acceptors (Lipinski definition) is 4. The molecule has 0 saturated heterocycles. The molecule has 5 heteroatoms. The zero-order valence-electron chi connectivity index (χ0n) is 11.3. The summed E-state index contributed by atoms with van der Waals surface area (Å²) in [5.41, 5.74) is 1.60. The van der Waals surface area contributed by atoms with Crippen molar-refractivity contribution in [2.24, 2.45) is 0 Å². The van der Waals surface area contributed by atoms with Crippen molar-refractivity contribution in [3.05, 3.63) is 53.6 Å². The zero-order valence-corrected chi connectivity index (χ0v) is 11.3. The van der Waals surface area contributed by atoms with Gasteiger partial charge in [-0.1, -0.05) is 12.1 Å². The Kier molecular flexibility index (Phi) is 3.64. The van der Waals surface area contributed by atoms with Crippen molar-refractivity contribution >= 4 is 5.91 Å². The summed E-state index contributed by atoms with van der Waals surface area (Å²) in [6.45, 7) is 0.722. The summed E-state index contributed by atoms with van der Waals surface area (Å²) in [4.78, 5) is 12.0. The molecule has 1 amide bonds. The Bertz CT molecular complexity index is 652. The maximum atomic E-state index is 12.0. The third kappa shape index (κ3) is 3.08. The van der Waals surface area contributed by atoms with Crippen LogP contribution in [0.3, 0.4) is 0 Å². The summed E-state index contributed by atoms with van der Waals surface area (Å²) in [7, 11) is 0.